The largest absolute Gasteiger partial charge is 0.481 e. The summed E-state index contributed by atoms with van der Waals surface area (Å²) in [6.07, 6.45) is 5.72. The molecular weight excluding hydrogens is 318 g/mol. The first-order valence-electron chi connectivity index (χ1n) is 8.90. The summed E-state index contributed by atoms with van der Waals surface area (Å²) in [5, 5.41) is 0. The van der Waals surface area contributed by atoms with Crippen molar-refractivity contribution in [2.24, 2.45) is 12.8 Å². The molecular formula is C19H25N3O3. The zero-order chi connectivity index (χ0) is 17.7. The molecule has 5 rings (SSSR count). The van der Waals surface area contributed by atoms with Gasteiger partial charge in [0.25, 0.3) is 5.56 Å². The predicted molar refractivity (Wildman–Crippen MR) is 95.9 cm³/mol. The summed E-state index contributed by atoms with van der Waals surface area (Å²) in [7, 11) is 3.37. The van der Waals surface area contributed by atoms with Crippen LogP contribution in [0.15, 0.2) is 23.0 Å². The highest BCUT2D eigenvalue weighted by atomic mass is 16.5. The maximum absolute atomic E-state index is 12.3. The molecule has 4 heterocycles. The third kappa shape index (κ3) is 2.83. The summed E-state index contributed by atoms with van der Waals surface area (Å²) in [5.74, 6) is 0.560. The SMILES string of the molecule is COc1ccc2c(n1)c(CCC13CCC(N)(CC1)CO3)cc(=O)n2C. The average Bonchev–Trinajstić information content (AvgIpc) is 2.64. The van der Waals surface area contributed by atoms with Crippen LogP contribution in [-0.2, 0) is 18.2 Å². The number of fused-ring (bicyclic) bond motifs is 4. The Labute approximate surface area is 146 Å². The molecule has 1 saturated carbocycles. The lowest BCUT2D eigenvalue weighted by Gasteiger charge is -2.51. The first kappa shape index (κ1) is 16.5. The monoisotopic (exact) mass is 343 g/mol. The van der Waals surface area contributed by atoms with E-state index in [9.17, 15) is 4.79 Å². The second-order valence-electron chi connectivity index (χ2n) is 7.62. The molecule has 3 fully saturated rings. The highest BCUT2D eigenvalue weighted by Gasteiger charge is 2.47. The van der Waals surface area contributed by atoms with Crippen molar-refractivity contribution in [1.82, 2.24) is 9.55 Å². The van der Waals surface area contributed by atoms with Gasteiger partial charge in [-0.2, -0.15) is 0 Å². The number of rotatable bonds is 4. The van der Waals surface area contributed by atoms with Gasteiger partial charge in [-0.05, 0) is 50.2 Å². The standard InChI is InChI=1S/C19H25N3O3/c1-22-14-3-4-15(24-2)21-17(14)13(11-16(22)23)5-6-19-9-7-18(20,8-10-19)12-25-19/h3-4,11H,5-10,12,20H2,1-2H3. The molecule has 3 aliphatic rings. The first-order valence-corrected chi connectivity index (χ1v) is 8.90. The lowest BCUT2D eigenvalue weighted by molar-refractivity contribution is -0.156. The van der Waals surface area contributed by atoms with Gasteiger partial charge in [0.05, 0.1) is 30.4 Å². The van der Waals surface area contributed by atoms with E-state index in [-0.39, 0.29) is 16.7 Å². The molecule has 2 aromatic rings. The molecule has 0 amide bonds. The quantitative estimate of drug-likeness (QED) is 0.917. The number of aryl methyl sites for hydroxylation is 2. The average molecular weight is 343 g/mol. The molecule has 2 bridgehead atoms. The Morgan fingerprint density at radius 2 is 2.08 bits per heavy atom. The van der Waals surface area contributed by atoms with Crippen molar-refractivity contribution in [3.8, 4) is 5.88 Å². The van der Waals surface area contributed by atoms with Gasteiger partial charge in [0.1, 0.15) is 0 Å². The number of hydrogen-bond acceptors (Lipinski definition) is 5. The van der Waals surface area contributed by atoms with Crippen LogP contribution in [0.25, 0.3) is 11.0 Å². The van der Waals surface area contributed by atoms with E-state index in [0.717, 1.165) is 55.1 Å². The molecule has 6 nitrogen and oxygen atoms in total. The van der Waals surface area contributed by atoms with E-state index < -0.39 is 0 Å². The summed E-state index contributed by atoms with van der Waals surface area (Å²) in [6.45, 7) is 0.649. The van der Waals surface area contributed by atoms with E-state index in [1.54, 1.807) is 30.9 Å². The van der Waals surface area contributed by atoms with Gasteiger partial charge in [0.15, 0.2) is 0 Å². The fourth-order valence-corrected chi connectivity index (χ4v) is 4.15. The Balaban J connectivity index is 1.65. The number of nitrogens with two attached hydrogens (primary N) is 1. The third-order valence-electron chi connectivity index (χ3n) is 6.02. The Bertz CT molecular complexity index is 850. The van der Waals surface area contributed by atoms with E-state index >= 15 is 0 Å². The number of pyridine rings is 2. The van der Waals surface area contributed by atoms with Gasteiger partial charge in [0.2, 0.25) is 5.88 Å². The predicted octanol–water partition coefficient (Wildman–Crippen LogP) is 1.92. The smallest absolute Gasteiger partial charge is 0.251 e. The molecule has 2 N–H and O–H groups in total. The fraction of sp³-hybridized carbons (Fsp3) is 0.579. The topological polar surface area (TPSA) is 79.4 Å². The minimum Gasteiger partial charge on any atom is -0.481 e. The van der Waals surface area contributed by atoms with E-state index in [1.165, 1.54) is 0 Å². The Hall–Kier alpha value is -1.92. The molecule has 2 aliphatic heterocycles. The lowest BCUT2D eigenvalue weighted by atomic mass is 9.70. The summed E-state index contributed by atoms with van der Waals surface area (Å²) in [5.41, 5.74) is 8.71. The van der Waals surface area contributed by atoms with Crippen molar-refractivity contribution in [3.05, 3.63) is 34.1 Å². The van der Waals surface area contributed by atoms with Gasteiger partial charge in [-0.3, -0.25) is 4.79 Å². The molecule has 0 radical (unpaired) electrons. The number of methoxy groups -OCH3 is 1. The van der Waals surface area contributed by atoms with Crippen molar-refractivity contribution in [1.29, 1.82) is 0 Å². The van der Waals surface area contributed by atoms with Gasteiger partial charge in [-0.15, -0.1) is 0 Å². The number of hydrogen-bond donors (Lipinski definition) is 1. The summed E-state index contributed by atoms with van der Waals surface area (Å²) in [6, 6.07) is 5.38. The lowest BCUT2D eigenvalue weighted by Crippen LogP contribution is -2.59. The van der Waals surface area contributed by atoms with E-state index in [2.05, 4.69) is 4.98 Å². The van der Waals surface area contributed by atoms with Crippen LogP contribution in [0.3, 0.4) is 0 Å². The van der Waals surface area contributed by atoms with Crippen LogP contribution in [0.1, 0.15) is 37.7 Å². The van der Waals surface area contributed by atoms with Gasteiger partial charge in [0, 0.05) is 24.7 Å². The second-order valence-corrected chi connectivity index (χ2v) is 7.62. The first-order chi connectivity index (χ1) is 11.9. The minimum absolute atomic E-state index is 0.0128. The summed E-state index contributed by atoms with van der Waals surface area (Å²) in [4.78, 5) is 16.9. The maximum atomic E-state index is 12.3. The zero-order valence-electron chi connectivity index (χ0n) is 14.9. The number of aromatic nitrogens is 2. The van der Waals surface area contributed by atoms with Crippen molar-refractivity contribution in [2.45, 2.75) is 49.7 Å². The molecule has 134 valence electrons. The van der Waals surface area contributed by atoms with Crippen LogP contribution < -0.4 is 16.0 Å². The third-order valence-corrected chi connectivity index (χ3v) is 6.02. The normalized spacial score (nSPS) is 28.4. The Morgan fingerprint density at radius 1 is 1.32 bits per heavy atom. The van der Waals surface area contributed by atoms with Crippen molar-refractivity contribution >= 4 is 11.0 Å². The fourth-order valence-electron chi connectivity index (χ4n) is 4.15. The van der Waals surface area contributed by atoms with Crippen LogP contribution in [0.4, 0.5) is 0 Å². The molecule has 6 heteroatoms. The van der Waals surface area contributed by atoms with Crippen LogP contribution in [0, 0.1) is 0 Å². The highest BCUT2D eigenvalue weighted by Crippen LogP contribution is 2.44. The van der Waals surface area contributed by atoms with Crippen molar-refractivity contribution in [3.63, 3.8) is 0 Å². The number of ether oxygens (including phenoxy) is 2. The highest BCUT2D eigenvalue weighted by molar-refractivity contribution is 5.78. The molecule has 0 atom stereocenters. The minimum atomic E-state index is -0.119. The van der Waals surface area contributed by atoms with Crippen molar-refractivity contribution < 1.29 is 9.47 Å². The van der Waals surface area contributed by atoms with Crippen LogP contribution in [-0.4, -0.2) is 34.4 Å². The van der Waals surface area contributed by atoms with Crippen molar-refractivity contribution in [2.75, 3.05) is 13.7 Å². The van der Waals surface area contributed by atoms with Gasteiger partial charge in [-0.25, -0.2) is 4.98 Å². The molecule has 0 aromatic carbocycles. The second kappa shape index (κ2) is 5.81. The molecule has 2 saturated heterocycles. The summed E-state index contributed by atoms with van der Waals surface area (Å²) >= 11 is 0. The molecule has 2 aromatic heterocycles. The maximum Gasteiger partial charge on any atom is 0.251 e. The number of nitrogens with zero attached hydrogens (tertiary/aromatic N) is 2. The molecule has 25 heavy (non-hydrogen) atoms. The molecule has 1 aliphatic carbocycles. The van der Waals surface area contributed by atoms with E-state index in [4.69, 9.17) is 15.2 Å². The van der Waals surface area contributed by atoms with E-state index in [1.807, 2.05) is 6.07 Å². The van der Waals surface area contributed by atoms with Gasteiger partial charge >= 0.3 is 0 Å². The Kier molecular flexibility index (Phi) is 3.85. The Morgan fingerprint density at radius 3 is 2.72 bits per heavy atom. The van der Waals surface area contributed by atoms with Gasteiger partial charge < -0.3 is 19.8 Å². The molecule has 0 unspecified atom stereocenters. The van der Waals surface area contributed by atoms with E-state index in [0.29, 0.717) is 12.5 Å². The van der Waals surface area contributed by atoms with Crippen LogP contribution in [0.5, 0.6) is 5.88 Å². The zero-order valence-corrected chi connectivity index (χ0v) is 14.9. The van der Waals surface area contributed by atoms with Gasteiger partial charge in [-0.1, -0.05) is 0 Å². The summed E-state index contributed by atoms with van der Waals surface area (Å²) < 4.78 is 13.0. The van der Waals surface area contributed by atoms with Crippen LogP contribution in [0.2, 0.25) is 0 Å². The molecule has 0 spiro atoms. The van der Waals surface area contributed by atoms with Crippen LogP contribution >= 0.6 is 0 Å².